The summed E-state index contributed by atoms with van der Waals surface area (Å²) in [6.07, 6.45) is 1.91. The predicted molar refractivity (Wildman–Crippen MR) is 79.4 cm³/mol. The van der Waals surface area contributed by atoms with E-state index in [0.29, 0.717) is 25.4 Å². The molecule has 0 unspecified atom stereocenters. The molecule has 112 valence electrons. The van der Waals surface area contributed by atoms with Gasteiger partial charge in [-0.3, -0.25) is 9.48 Å². The van der Waals surface area contributed by atoms with E-state index < -0.39 is 0 Å². The summed E-state index contributed by atoms with van der Waals surface area (Å²) in [7, 11) is 1.69. The Labute approximate surface area is 127 Å². The van der Waals surface area contributed by atoms with E-state index in [0.717, 1.165) is 12.2 Å². The quantitative estimate of drug-likeness (QED) is 0.863. The zero-order valence-electron chi connectivity index (χ0n) is 12.2. The second-order valence-electron chi connectivity index (χ2n) is 5.07. The number of carbonyl (C=O) groups excluding carboxylic acids is 1. The van der Waals surface area contributed by atoms with Crippen LogP contribution in [-0.4, -0.2) is 45.8 Å². The van der Waals surface area contributed by atoms with E-state index in [1.807, 2.05) is 15.8 Å². The van der Waals surface area contributed by atoms with Crippen molar-refractivity contribution < 1.29 is 9.53 Å². The van der Waals surface area contributed by atoms with Crippen molar-refractivity contribution in [1.29, 1.82) is 0 Å². The van der Waals surface area contributed by atoms with Crippen molar-refractivity contribution in [3.63, 3.8) is 0 Å². The molecule has 1 amide bonds. The Bertz CT molecular complexity index is 623. The second kappa shape index (κ2) is 5.95. The molecule has 21 heavy (non-hydrogen) atoms. The largest absolute Gasteiger partial charge is 0.384 e. The molecule has 0 bridgehead atoms. The lowest BCUT2D eigenvalue weighted by atomic mass is 9.95. The summed E-state index contributed by atoms with van der Waals surface area (Å²) in [4.78, 5) is 18.5. The molecule has 1 atom stereocenters. The van der Waals surface area contributed by atoms with Gasteiger partial charge < -0.3 is 9.64 Å². The summed E-state index contributed by atoms with van der Waals surface area (Å²) in [5.41, 5.74) is 4.50. The molecule has 0 saturated heterocycles. The molecule has 6 nitrogen and oxygen atoms in total. The zero-order valence-corrected chi connectivity index (χ0v) is 13.0. The Hall–Kier alpha value is -1.73. The van der Waals surface area contributed by atoms with E-state index in [1.165, 1.54) is 16.9 Å². The fourth-order valence-electron chi connectivity index (χ4n) is 2.80. The van der Waals surface area contributed by atoms with Gasteiger partial charge in [0.2, 0.25) is 0 Å². The number of fused-ring (bicyclic) bond motifs is 1. The highest BCUT2D eigenvalue weighted by Crippen LogP contribution is 2.29. The Balaban J connectivity index is 1.90. The molecule has 0 N–H and O–H groups in total. The van der Waals surface area contributed by atoms with Crippen molar-refractivity contribution in [3.8, 4) is 0 Å². The molecule has 3 rings (SSSR count). The summed E-state index contributed by atoms with van der Waals surface area (Å²) in [6.45, 7) is 4.67. The number of carbonyl (C=O) groups is 1. The first-order chi connectivity index (χ1) is 10.2. The van der Waals surface area contributed by atoms with Crippen LogP contribution in [0.5, 0.6) is 0 Å². The maximum absolute atomic E-state index is 12.5. The monoisotopic (exact) mass is 306 g/mol. The normalized spacial score (nSPS) is 17.8. The lowest BCUT2D eigenvalue weighted by molar-refractivity contribution is 0.0669. The minimum atomic E-state index is -0.0214. The van der Waals surface area contributed by atoms with Crippen molar-refractivity contribution in [3.05, 3.63) is 34.0 Å². The number of nitrogens with zero attached hydrogens (tertiary/aromatic N) is 4. The number of rotatable bonds is 4. The molecule has 1 aliphatic heterocycles. The van der Waals surface area contributed by atoms with Crippen molar-refractivity contribution in [2.24, 2.45) is 0 Å². The number of aromatic nitrogens is 3. The molecule has 0 aliphatic carbocycles. The van der Waals surface area contributed by atoms with Gasteiger partial charge in [0.15, 0.2) is 0 Å². The maximum atomic E-state index is 12.5. The molecule has 2 aromatic heterocycles. The van der Waals surface area contributed by atoms with Gasteiger partial charge in [0.25, 0.3) is 5.91 Å². The predicted octanol–water partition coefficient (Wildman–Crippen LogP) is 1.75. The minimum Gasteiger partial charge on any atom is -0.384 e. The topological polar surface area (TPSA) is 60.2 Å². The fraction of sp³-hybridized carbons (Fsp3) is 0.500. The van der Waals surface area contributed by atoms with Crippen LogP contribution in [0.15, 0.2) is 17.1 Å². The molecule has 0 spiro atoms. The second-order valence-corrected chi connectivity index (χ2v) is 5.79. The molecule has 0 aromatic carbocycles. The van der Waals surface area contributed by atoms with Gasteiger partial charge in [-0.2, -0.15) is 5.10 Å². The SMILES string of the molecule is CCn1ncc2c1CN(C(=O)c1cscn1)C[C@@H]2COC. The first kappa shape index (κ1) is 14.2. The van der Waals surface area contributed by atoms with Crippen LogP contribution in [-0.2, 0) is 17.8 Å². The van der Waals surface area contributed by atoms with E-state index in [2.05, 4.69) is 17.0 Å². The number of ether oxygens (including phenoxy) is 1. The van der Waals surface area contributed by atoms with Gasteiger partial charge >= 0.3 is 0 Å². The summed E-state index contributed by atoms with van der Waals surface area (Å²) >= 11 is 1.44. The molecule has 3 heterocycles. The van der Waals surface area contributed by atoms with Crippen molar-refractivity contribution >= 4 is 17.2 Å². The van der Waals surface area contributed by atoms with Gasteiger partial charge in [0.05, 0.1) is 30.6 Å². The van der Waals surface area contributed by atoms with Crippen LogP contribution in [0.3, 0.4) is 0 Å². The van der Waals surface area contributed by atoms with Crippen LogP contribution in [0, 0.1) is 0 Å². The van der Waals surface area contributed by atoms with E-state index >= 15 is 0 Å². The first-order valence-electron chi connectivity index (χ1n) is 6.95. The Morgan fingerprint density at radius 2 is 2.43 bits per heavy atom. The molecule has 0 radical (unpaired) electrons. The average molecular weight is 306 g/mol. The van der Waals surface area contributed by atoms with Gasteiger partial charge in [0, 0.05) is 37.1 Å². The molecule has 0 fully saturated rings. The van der Waals surface area contributed by atoms with Crippen molar-refractivity contribution in [1.82, 2.24) is 19.7 Å². The molecule has 1 aliphatic rings. The molecule has 0 saturated carbocycles. The highest BCUT2D eigenvalue weighted by molar-refractivity contribution is 7.07. The van der Waals surface area contributed by atoms with Gasteiger partial charge in [-0.05, 0) is 6.92 Å². The van der Waals surface area contributed by atoms with E-state index in [4.69, 9.17) is 4.74 Å². The van der Waals surface area contributed by atoms with Gasteiger partial charge in [-0.15, -0.1) is 11.3 Å². The van der Waals surface area contributed by atoms with E-state index in [-0.39, 0.29) is 11.8 Å². The highest BCUT2D eigenvalue weighted by Gasteiger charge is 2.32. The van der Waals surface area contributed by atoms with Crippen LogP contribution >= 0.6 is 11.3 Å². The number of thiazole rings is 1. The third kappa shape index (κ3) is 2.58. The van der Waals surface area contributed by atoms with Gasteiger partial charge in [0.1, 0.15) is 5.69 Å². The van der Waals surface area contributed by atoms with E-state index in [9.17, 15) is 4.79 Å². The lowest BCUT2D eigenvalue weighted by Crippen LogP contribution is -2.40. The number of hydrogen-bond acceptors (Lipinski definition) is 5. The third-order valence-electron chi connectivity index (χ3n) is 3.81. The molecular weight excluding hydrogens is 288 g/mol. The summed E-state index contributed by atoms with van der Waals surface area (Å²) < 4.78 is 7.27. The smallest absolute Gasteiger partial charge is 0.273 e. The van der Waals surface area contributed by atoms with Crippen LogP contribution in [0.2, 0.25) is 0 Å². The van der Waals surface area contributed by atoms with Gasteiger partial charge in [-0.1, -0.05) is 0 Å². The molecular formula is C14H18N4O2S. The Morgan fingerprint density at radius 1 is 1.57 bits per heavy atom. The minimum absolute atomic E-state index is 0.0214. The third-order valence-corrected chi connectivity index (χ3v) is 4.39. The Morgan fingerprint density at radius 3 is 3.10 bits per heavy atom. The number of methoxy groups -OCH3 is 1. The highest BCUT2D eigenvalue weighted by atomic mass is 32.1. The van der Waals surface area contributed by atoms with Crippen molar-refractivity contribution in [2.75, 3.05) is 20.3 Å². The van der Waals surface area contributed by atoms with Crippen LogP contribution in [0.1, 0.15) is 34.6 Å². The Kier molecular flexibility index (Phi) is 4.03. The molecule has 7 heteroatoms. The summed E-state index contributed by atoms with van der Waals surface area (Å²) in [5, 5.41) is 6.21. The molecule has 2 aromatic rings. The number of aryl methyl sites for hydroxylation is 1. The fourth-order valence-corrected chi connectivity index (χ4v) is 3.33. The number of hydrogen-bond donors (Lipinski definition) is 0. The average Bonchev–Trinajstić information content (AvgIpc) is 3.16. The van der Waals surface area contributed by atoms with E-state index in [1.54, 1.807) is 18.0 Å². The maximum Gasteiger partial charge on any atom is 0.273 e. The van der Waals surface area contributed by atoms with Crippen LogP contribution < -0.4 is 0 Å². The lowest BCUT2D eigenvalue weighted by Gasteiger charge is -2.32. The van der Waals surface area contributed by atoms with Gasteiger partial charge in [-0.25, -0.2) is 4.98 Å². The van der Waals surface area contributed by atoms with Crippen LogP contribution in [0.25, 0.3) is 0 Å². The van der Waals surface area contributed by atoms with Crippen molar-refractivity contribution in [2.45, 2.75) is 25.9 Å². The first-order valence-corrected chi connectivity index (χ1v) is 7.89. The summed E-state index contributed by atoms with van der Waals surface area (Å²) in [6, 6.07) is 0. The summed E-state index contributed by atoms with van der Waals surface area (Å²) in [5.74, 6) is 0.147. The number of amides is 1. The van der Waals surface area contributed by atoms with Crippen LogP contribution in [0.4, 0.5) is 0 Å². The standard InChI is InChI=1S/C14H18N4O2S/c1-3-18-13-6-17(14(19)12-8-21-9-15-12)5-10(7-20-2)11(13)4-16-18/h4,8-10H,3,5-7H2,1-2H3/t10-/m1/s1. The zero-order chi connectivity index (χ0) is 14.8.